The molecule has 0 bridgehead atoms. The van der Waals surface area contributed by atoms with Gasteiger partial charge in [0, 0.05) is 6.92 Å². The molecule has 1 N–H and O–H groups in total. The molecule has 0 spiro atoms. The summed E-state index contributed by atoms with van der Waals surface area (Å²) in [6.45, 7) is 2.18. The number of nitrogens with zero attached hydrogens (tertiary/aromatic N) is 2. The van der Waals surface area contributed by atoms with E-state index in [1.165, 1.54) is 24.0 Å². The van der Waals surface area contributed by atoms with E-state index in [1.807, 2.05) is 0 Å². The van der Waals surface area contributed by atoms with Crippen molar-refractivity contribution in [2.45, 2.75) is 6.92 Å². The van der Waals surface area contributed by atoms with Gasteiger partial charge in [-0.15, -0.1) is 0 Å². The van der Waals surface area contributed by atoms with Crippen molar-refractivity contribution in [2.24, 2.45) is 0 Å². The summed E-state index contributed by atoms with van der Waals surface area (Å²) in [7, 11) is 0. The van der Waals surface area contributed by atoms with E-state index in [9.17, 15) is 9.59 Å². The molecule has 1 aliphatic rings. The Morgan fingerprint density at radius 3 is 2.88 bits per heavy atom. The number of aromatic nitrogens is 1. The first-order valence-electron chi connectivity index (χ1n) is 4.75. The zero-order valence-corrected chi connectivity index (χ0v) is 8.64. The highest BCUT2D eigenvalue weighted by Gasteiger charge is 2.24. The normalized spacial score (nSPS) is 13.9. The van der Waals surface area contributed by atoms with Crippen LogP contribution in [-0.2, 0) is 4.79 Å². The Morgan fingerprint density at radius 2 is 2.25 bits per heavy atom. The number of carboxylic acids is 1. The predicted molar refractivity (Wildman–Crippen MR) is 54.7 cm³/mol. The lowest BCUT2D eigenvalue weighted by Crippen LogP contribution is -2.37. The van der Waals surface area contributed by atoms with Crippen molar-refractivity contribution < 1.29 is 19.4 Å². The summed E-state index contributed by atoms with van der Waals surface area (Å²) in [5, 5.41) is 8.80. The molecular formula is C10H10N2O4. The summed E-state index contributed by atoms with van der Waals surface area (Å²) in [6, 6.07) is 2.87. The summed E-state index contributed by atoms with van der Waals surface area (Å²) in [5.41, 5.74) is -0.101. The average Bonchev–Trinajstić information content (AvgIpc) is 2.27. The Balaban J connectivity index is 2.48. The molecule has 0 aromatic carbocycles. The van der Waals surface area contributed by atoms with E-state index in [4.69, 9.17) is 9.84 Å². The molecule has 0 unspecified atom stereocenters. The molecule has 1 aliphatic heterocycles. The topological polar surface area (TPSA) is 79.7 Å². The van der Waals surface area contributed by atoms with Crippen LogP contribution in [0.2, 0.25) is 0 Å². The Morgan fingerprint density at radius 1 is 1.50 bits per heavy atom. The first-order valence-corrected chi connectivity index (χ1v) is 4.75. The number of rotatable bonds is 1. The molecule has 0 radical (unpaired) electrons. The molecule has 84 valence electrons. The molecule has 2 rings (SSSR count). The molecule has 0 saturated heterocycles. The predicted octanol–water partition coefficient (Wildman–Crippen LogP) is 0.525. The van der Waals surface area contributed by atoms with Crippen molar-refractivity contribution >= 4 is 17.7 Å². The fraction of sp³-hybridized carbons (Fsp3) is 0.300. The van der Waals surface area contributed by atoms with Gasteiger partial charge in [-0.3, -0.25) is 9.69 Å². The van der Waals surface area contributed by atoms with Gasteiger partial charge in [0.2, 0.25) is 5.91 Å². The fourth-order valence-electron chi connectivity index (χ4n) is 1.52. The summed E-state index contributed by atoms with van der Waals surface area (Å²) in [6.07, 6.45) is 0. The quantitative estimate of drug-likeness (QED) is 0.749. The van der Waals surface area contributed by atoms with Gasteiger partial charge < -0.3 is 9.84 Å². The Labute approximate surface area is 91.5 Å². The number of aromatic carboxylic acids is 1. The van der Waals surface area contributed by atoms with Gasteiger partial charge >= 0.3 is 5.97 Å². The van der Waals surface area contributed by atoms with Crippen LogP contribution in [-0.4, -0.2) is 35.1 Å². The lowest BCUT2D eigenvalue weighted by atomic mass is 10.3. The molecule has 0 aliphatic carbocycles. The van der Waals surface area contributed by atoms with Gasteiger partial charge in [0.15, 0.2) is 17.3 Å². The second-order valence-corrected chi connectivity index (χ2v) is 3.34. The van der Waals surface area contributed by atoms with Crippen molar-refractivity contribution in [3.8, 4) is 5.75 Å². The van der Waals surface area contributed by atoms with Gasteiger partial charge in [0.1, 0.15) is 6.61 Å². The third-order valence-electron chi connectivity index (χ3n) is 2.27. The van der Waals surface area contributed by atoms with E-state index >= 15 is 0 Å². The van der Waals surface area contributed by atoms with Crippen molar-refractivity contribution in [2.75, 3.05) is 18.1 Å². The van der Waals surface area contributed by atoms with Crippen LogP contribution in [0.15, 0.2) is 12.1 Å². The molecule has 1 amide bonds. The van der Waals surface area contributed by atoms with Crippen molar-refractivity contribution in [1.29, 1.82) is 0 Å². The van der Waals surface area contributed by atoms with Crippen LogP contribution in [0, 0.1) is 0 Å². The molecule has 1 aromatic rings. The van der Waals surface area contributed by atoms with Gasteiger partial charge in [-0.1, -0.05) is 0 Å². The van der Waals surface area contributed by atoms with E-state index in [1.54, 1.807) is 0 Å². The van der Waals surface area contributed by atoms with Crippen LogP contribution in [0.4, 0.5) is 5.82 Å². The molecule has 6 heteroatoms. The zero-order valence-electron chi connectivity index (χ0n) is 8.64. The van der Waals surface area contributed by atoms with Gasteiger partial charge in [0.25, 0.3) is 0 Å². The number of fused-ring (bicyclic) bond motifs is 1. The highest BCUT2D eigenvalue weighted by molar-refractivity contribution is 5.93. The highest BCUT2D eigenvalue weighted by Crippen LogP contribution is 2.29. The summed E-state index contributed by atoms with van der Waals surface area (Å²) in [5.74, 6) is -0.596. The molecule has 16 heavy (non-hydrogen) atoms. The van der Waals surface area contributed by atoms with Crippen LogP contribution < -0.4 is 9.64 Å². The number of ether oxygens (including phenoxy) is 1. The Kier molecular flexibility index (Phi) is 2.47. The molecule has 6 nitrogen and oxygen atoms in total. The maximum absolute atomic E-state index is 11.3. The fourth-order valence-corrected chi connectivity index (χ4v) is 1.52. The van der Waals surface area contributed by atoms with E-state index in [-0.39, 0.29) is 17.4 Å². The summed E-state index contributed by atoms with van der Waals surface area (Å²) >= 11 is 0. The smallest absolute Gasteiger partial charge is 0.354 e. The van der Waals surface area contributed by atoms with Crippen molar-refractivity contribution in [3.05, 3.63) is 17.8 Å². The molecule has 1 aromatic heterocycles. The van der Waals surface area contributed by atoms with Crippen molar-refractivity contribution in [1.82, 2.24) is 4.98 Å². The number of pyridine rings is 1. The number of hydrogen-bond acceptors (Lipinski definition) is 4. The third-order valence-corrected chi connectivity index (χ3v) is 2.27. The number of carbonyl (C=O) groups excluding carboxylic acids is 1. The largest absolute Gasteiger partial charge is 0.488 e. The van der Waals surface area contributed by atoms with Crippen LogP contribution >= 0.6 is 0 Å². The number of anilines is 1. The van der Waals surface area contributed by atoms with Gasteiger partial charge in [0.05, 0.1) is 6.54 Å². The molecule has 2 heterocycles. The lowest BCUT2D eigenvalue weighted by molar-refractivity contribution is -0.116. The van der Waals surface area contributed by atoms with E-state index < -0.39 is 5.97 Å². The summed E-state index contributed by atoms with van der Waals surface area (Å²) < 4.78 is 5.29. The average molecular weight is 222 g/mol. The van der Waals surface area contributed by atoms with Gasteiger partial charge in [-0.25, -0.2) is 9.78 Å². The monoisotopic (exact) mass is 222 g/mol. The number of hydrogen-bond donors (Lipinski definition) is 1. The minimum Gasteiger partial charge on any atom is -0.488 e. The minimum atomic E-state index is -1.13. The maximum atomic E-state index is 11.3. The third kappa shape index (κ3) is 1.69. The van der Waals surface area contributed by atoms with Gasteiger partial charge in [-0.05, 0) is 12.1 Å². The second kappa shape index (κ2) is 3.80. The first-order chi connectivity index (χ1) is 7.59. The molecular weight excluding hydrogens is 212 g/mol. The first kappa shape index (κ1) is 10.4. The van der Waals surface area contributed by atoms with Crippen LogP contribution in [0.3, 0.4) is 0 Å². The molecule has 0 saturated carbocycles. The Bertz CT molecular complexity index is 458. The van der Waals surface area contributed by atoms with Crippen LogP contribution in [0.1, 0.15) is 17.4 Å². The van der Waals surface area contributed by atoms with E-state index in [0.29, 0.717) is 18.9 Å². The van der Waals surface area contributed by atoms with E-state index in [0.717, 1.165) is 0 Å². The van der Waals surface area contributed by atoms with Crippen LogP contribution in [0.5, 0.6) is 5.75 Å². The standard InChI is InChI=1S/C10H10N2O4/c1-6(13)12-4-5-16-8-3-2-7(10(14)15)11-9(8)12/h2-3H,4-5H2,1H3,(H,14,15). The SMILES string of the molecule is CC(=O)N1CCOc2ccc(C(=O)O)nc21. The highest BCUT2D eigenvalue weighted by atomic mass is 16.5. The Hall–Kier alpha value is -2.11. The molecule has 0 fully saturated rings. The maximum Gasteiger partial charge on any atom is 0.354 e. The number of carboxylic acid groups (broad SMARTS) is 1. The minimum absolute atomic E-state index is 0.101. The van der Waals surface area contributed by atoms with Crippen molar-refractivity contribution in [3.63, 3.8) is 0 Å². The van der Waals surface area contributed by atoms with E-state index in [2.05, 4.69) is 4.98 Å². The second-order valence-electron chi connectivity index (χ2n) is 3.34. The number of amides is 1. The lowest BCUT2D eigenvalue weighted by Gasteiger charge is -2.27. The number of carbonyl (C=O) groups is 2. The van der Waals surface area contributed by atoms with Gasteiger partial charge in [-0.2, -0.15) is 0 Å². The van der Waals surface area contributed by atoms with Crippen LogP contribution in [0.25, 0.3) is 0 Å². The molecule has 0 atom stereocenters. The summed E-state index contributed by atoms with van der Waals surface area (Å²) in [4.78, 5) is 27.4. The zero-order chi connectivity index (χ0) is 11.7.